The van der Waals surface area contributed by atoms with Crippen LogP contribution in [0.5, 0.6) is 0 Å². The Bertz CT molecular complexity index is 283. The maximum atomic E-state index is 12.1. The van der Waals surface area contributed by atoms with Crippen molar-refractivity contribution in [3.63, 3.8) is 0 Å². The fourth-order valence-electron chi connectivity index (χ4n) is 2.89. The van der Waals surface area contributed by atoms with Crippen LogP contribution >= 0.6 is 0 Å². The maximum absolute atomic E-state index is 12.1. The minimum Gasteiger partial charge on any atom is -0.353 e. The zero-order valence-electron chi connectivity index (χ0n) is 12.5. The zero-order valence-corrected chi connectivity index (χ0v) is 12.5. The second kappa shape index (κ2) is 7.25. The van der Waals surface area contributed by atoms with Gasteiger partial charge in [0.05, 0.1) is 0 Å². The molecule has 0 aliphatic carbocycles. The van der Waals surface area contributed by atoms with Gasteiger partial charge in [-0.15, -0.1) is 0 Å². The lowest BCUT2D eigenvalue weighted by Crippen LogP contribution is -2.52. The summed E-state index contributed by atoms with van der Waals surface area (Å²) in [5.74, 6) is 0.975. The average molecular weight is 267 g/mol. The number of nitrogens with zero attached hydrogens (tertiary/aromatic N) is 1. The van der Waals surface area contributed by atoms with Gasteiger partial charge in [0.1, 0.15) is 0 Å². The lowest BCUT2D eigenvalue weighted by Gasteiger charge is -2.35. The van der Waals surface area contributed by atoms with Gasteiger partial charge in [0, 0.05) is 25.0 Å². The van der Waals surface area contributed by atoms with Crippen molar-refractivity contribution in [3.8, 4) is 0 Å². The molecule has 1 unspecified atom stereocenters. The highest BCUT2D eigenvalue weighted by molar-refractivity contribution is 5.79. The Morgan fingerprint density at radius 2 is 2.05 bits per heavy atom. The van der Waals surface area contributed by atoms with Gasteiger partial charge in [0.25, 0.3) is 0 Å². The molecule has 1 amide bonds. The van der Waals surface area contributed by atoms with Gasteiger partial charge in [-0.25, -0.2) is 0 Å². The monoisotopic (exact) mass is 267 g/mol. The summed E-state index contributed by atoms with van der Waals surface area (Å²) in [6, 6.07) is 0.404. The number of carbonyl (C=O) groups is 1. The maximum Gasteiger partial charge on any atom is 0.223 e. The molecule has 2 N–H and O–H groups in total. The summed E-state index contributed by atoms with van der Waals surface area (Å²) in [6.45, 7) is 9.82. The Labute approximate surface area is 117 Å². The van der Waals surface area contributed by atoms with Crippen LogP contribution in [-0.4, -0.2) is 49.6 Å². The van der Waals surface area contributed by atoms with Crippen LogP contribution in [-0.2, 0) is 4.79 Å². The summed E-state index contributed by atoms with van der Waals surface area (Å²) >= 11 is 0. The van der Waals surface area contributed by atoms with E-state index in [-0.39, 0.29) is 11.8 Å². The number of carbonyl (C=O) groups excluding carboxylic acids is 1. The fourth-order valence-corrected chi connectivity index (χ4v) is 2.89. The first-order valence-electron chi connectivity index (χ1n) is 7.94. The number of nitrogens with one attached hydrogen (secondary N) is 2. The smallest absolute Gasteiger partial charge is 0.223 e. The van der Waals surface area contributed by atoms with E-state index in [2.05, 4.69) is 29.4 Å². The van der Waals surface area contributed by atoms with E-state index in [1.165, 1.54) is 19.4 Å². The van der Waals surface area contributed by atoms with Crippen molar-refractivity contribution >= 4 is 5.91 Å². The molecular formula is C15H29N3O. The molecule has 0 radical (unpaired) electrons. The van der Waals surface area contributed by atoms with E-state index in [0.717, 1.165) is 39.0 Å². The van der Waals surface area contributed by atoms with Crippen LogP contribution in [0.4, 0.5) is 0 Å². The number of piperidine rings is 1. The average Bonchev–Trinajstić information content (AvgIpc) is 2.36. The third-order valence-electron chi connectivity index (χ3n) is 4.70. The molecule has 4 nitrogen and oxygen atoms in total. The predicted octanol–water partition coefficient (Wildman–Crippen LogP) is 1.22. The highest BCUT2D eigenvalue weighted by Gasteiger charge is 2.30. The molecule has 4 heteroatoms. The SMILES string of the molecule is CCCCN1CCC(NC(=O)C(C)C2CNC2)CC1. The number of unbranched alkanes of at least 4 members (excludes halogenated alkanes) is 1. The zero-order chi connectivity index (χ0) is 13.7. The van der Waals surface area contributed by atoms with Gasteiger partial charge in [0.15, 0.2) is 0 Å². The Morgan fingerprint density at radius 3 is 2.58 bits per heavy atom. The molecule has 0 aromatic rings. The van der Waals surface area contributed by atoms with Crippen molar-refractivity contribution < 1.29 is 4.79 Å². The summed E-state index contributed by atoms with van der Waals surface area (Å²) in [5, 5.41) is 6.49. The highest BCUT2D eigenvalue weighted by atomic mass is 16.1. The molecule has 2 rings (SSSR count). The normalized spacial score (nSPS) is 23.9. The van der Waals surface area contributed by atoms with Gasteiger partial charge in [-0.3, -0.25) is 4.79 Å². The summed E-state index contributed by atoms with van der Waals surface area (Å²) in [4.78, 5) is 14.7. The predicted molar refractivity (Wildman–Crippen MR) is 78.0 cm³/mol. The Hall–Kier alpha value is -0.610. The van der Waals surface area contributed by atoms with E-state index in [1.807, 2.05) is 0 Å². The van der Waals surface area contributed by atoms with Crippen LogP contribution in [0.2, 0.25) is 0 Å². The number of likely N-dealkylation sites (tertiary alicyclic amines) is 1. The number of hydrogen-bond donors (Lipinski definition) is 2. The third-order valence-corrected chi connectivity index (χ3v) is 4.70. The first kappa shape index (κ1) is 14.8. The van der Waals surface area contributed by atoms with Crippen LogP contribution in [0, 0.1) is 11.8 Å². The fraction of sp³-hybridized carbons (Fsp3) is 0.933. The van der Waals surface area contributed by atoms with E-state index >= 15 is 0 Å². The highest BCUT2D eigenvalue weighted by Crippen LogP contribution is 2.17. The van der Waals surface area contributed by atoms with Gasteiger partial charge in [0.2, 0.25) is 5.91 Å². The molecule has 0 saturated carbocycles. The molecule has 0 aromatic heterocycles. The van der Waals surface area contributed by atoms with Crippen LogP contribution in [0.3, 0.4) is 0 Å². The number of hydrogen-bond acceptors (Lipinski definition) is 3. The van der Waals surface area contributed by atoms with Crippen molar-refractivity contribution in [2.24, 2.45) is 11.8 Å². The quantitative estimate of drug-likeness (QED) is 0.760. The lowest BCUT2D eigenvalue weighted by molar-refractivity contribution is -0.127. The first-order valence-corrected chi connectivity index (χ1v) is 7.94. The molecule has 2 aliphatic rings. The Morgan fingerprint density at radius 1 is 1.37 bits per heavy atom. The molecule has 0 aromatic carbocycles. The van der Waals surface area contributed by atoms with Gasteiger partial charge in [-0.05, 0) is 44.8 Å². The van der Waals surface area contributed by atoms with Gasteiger partial charge < -0.3 is 15.5 Å². The Balaban J connectivity index is 1.65. The van der Waals surface area contributed by atoms with Gasteiger partial charge in [-0.1, -0.05) is 20.3 Å². The second-order valence-electron chi connectivity index (χ2n) is 6.19. The molecule has 0 bridgehead atoms. The van der Waals surface area contributed by atoms with Crippen LogP contribution in [0.15, 0.2) is 0 Å². The summed E-state index contributed by atoms with van der Waals surface area (Å²) in [5.41, 5.74) is 0. The number of rotatable bonds is 6. The van der Waals surface area contributed by atoms with Crippen molar-refractivity contribution in [2.75, 3.05) is 32.7 Å². The second-order valence-corrected chi connectivity index (χ2v) is 6.19. The largest absolute Gasteiger partial charge is 0.353 e. The van der Waals surface area contributed by atoms with E-state index in [0.29, 0.717) is 12.0 Å². The standard InChI is InChI=1S/C15H29N3O/c1-3-4-7-18-8-5-14(6-9-18)17-15(19)12(2)13-10-16-11-13/h12-14,16H,3-11H2,1-2H3,(H,17,19). The molecule has 2 fully saturated rings. The first-order chi connectivity index (χ1) is 9.20. The molecule has 1 atom stereocenters. The van der Waals surface area contributed by atoms with E-state index < -0.39 is 0 Å². The minimum absolute atomic E-state index is 0.166. The molecule has 2 heterocycles. The number of amides is 1. The molecule has 19 heavy (non-hydrogen) atoms. The summed E-state index contributed by atoms with van der Waals surface area (Å²) < 4.78 is 0. The third kappa shape index (κ3) is 4.18. The molecule has 110 valence electrons. The molecular weight excluding hydrogens is 238 g/mol. The molecule has 0 spiro atoms. The topological polar surface area (TPSA) is 44.4 Å². The van der Waals surface area contributed by atoms with E-state index in [4.69, 9.17) is 0 Å². The van der Waals surface area contributed by atoms with Crippen molar-refractivity contribution in [1.82, 2.24) is 15.5 Å². The van der Waals surface area contributed by atoms with Gasteiger partial charge >= 0.3 is 0 Å². The van der Waals surface area contributed by atoms with Crippen molar-refractivity contribution in [3.05, 3.63) is 0 Å². The van der Waals surface area contributed by atoms with Crippen LogP contribution in [0.1, 0.15) is 39.5 Å². The summed E-state index contributed by atoms with van der Waals surface area (Å²) in [7, 11) is 0. The minimum atomic E-state index is 0.166. The van der Waals surface area contributed by atoms with Crippen molar-refractivity contribution in [1.29, 1.82) is 0 Å². The van der Waals surface area contributed by atoms with Crippen LogP contribution < -0.4 is 10.6 Å². The van der Waals surface area contributed by atoms with E-state index in [9.17, 15) is 4.79 Å². The lowest BCUT2D eigenvalue weighted by atomic mass is 9.88. The Kier molecular flexibility index (Phi) is 5.64. The molecule has 2 aliphatic heterocycles. The van der Waals surface area contributed by atoms with Crippen LogP contribution in [0.25, 0.3) is 0 Å². The molecule has 2 saturated heterocycles. The summed E-state index contributed by atoms with van der Waals surface area (Å²) in [6.07, 6.45) is 4.79. The van der Waals surface area contributed by atoms with E-state index in [1.54, 1.807) is 0 Å². The van der Waals surface area contributed by atoms with Crippen molar-refractivity contribution in [2.45, 2.75) is 45.6 Å². The van der Waals surface area contributed by atoms with Gasteiger partial charge in [-0.2, -0.15) is 0 Å².